The van der Waals surface area contributed by atoms with Crippen molar-refractivity contribution in [2.45, 2.75) is 31.9 Å². The number of urea groups is 1. The van der Waals surface area contributed by atoms with Crippen LogP contribution in [-0.2, 0) is 4.79 Å². The molecule has 0 aromatic rings. The number of carbonyl (C=O) groups is 2. The monoisotopic (exact) mass is 255 g/mol. The van der Waals surface area contributed by atoms with Crippen LogP contribution in [0.3, 0.4) is 0 Å². The minimum absolute atomic E-state index is 0.228. The predicted molar refractivity (Wildman–Crippen MR) is 65.9 cm³/mol. The predicted octanol–water partition coefficient (Wildman–Crippen LogP) is -0.467. The van der Waals surface area contributed by atoms with Crippen LogP contribution in [0.25, 0.3) is 0 Å². The second-order valence-electron chi connectivity index (χ2n) is 5.27. The van der Waals surface area contributed by atoms with E-state index in [9.17, 15) is 14.7 Å². The normalized spacial score (nSPS) is 32.9. The number of rotatable bonds is 2. The molecule has 18 heavy (non-hydrogen) atoms. The molecule has 2 aliphatic rings. The topological polar surface area (TPSA) is 81.7 Å². The van der Waals surface area contributed by atoms with Crippen molar-refractivity contribution in [3.8, 4) is 0 Å². The van der Waals surface area contributed by atoms with Gasteiger partial charge in [0, 0.05) is 26.1 Å². The first-order valence-corrected chi connectivity index (χ1v) is 6.47. The van der Waals surface area contributed by atoms with Gasteiger partial charge in [-0.1, -0.05) is 0 Å². The molecular formula is C12H21N3O3. The zero-order valence-electron chi connectivity index (χ0n) is 10.8. The lowest BCUT2D eigenvalue weighted by molar-refractivity contribution is -0.124. The third kappa shape index (κ3) is 2.49. The van der Waals surface area contributed by atoms with Gasteiger partial charge in [-0.15, -0.1) is 0 Å². The van der Waals surface area contributed by atoms with E-state index in [1.54, 1.807) is 6.92 Å². The van der Waals surface area contributed by atoms with Gasteiger partial charge in [0.1, 0.15) is 0 Å². The SMILES string of the molecule is CNC(=O)NC(=O)C(C)N1CC2CCC(O)C2C1. The summed E-state index contributed by atoms with van der Waals surface area (Å²) in [5.41, 5.74) is 0. The van der Waals surface area contributed by atoms with Crippen LogP contribution in [0.2, 0.25) is 0 Å². The average molecular weight is 255 g/mol. The Labute approximate surface area is 107 Å². The van der Waals surface area contributed by atoms with E-state index >= 15 is 0 Å². The van der Waals surface area contributed by atoms with Crippen molar-refractivity contribution in [1.29, 1.82) is 0 Å². The zero-order chi connectivity index (χ0) is 13.3. The largest absolute Gasteiger partial charge is 0.393 e. The van der Waals surface area contributed by atoms with E-state index in [1.165, 1.54) is 7.05 Å². The van der Waals surface area contributed by atoms with Gasteiger partial charge < -0.3 is 10.4 Å². The van der Waals surface area contributed by atoms with Crippen LogP contribution in [0.1, 0.15) is 19.8 Å². The molecule has 1 saturated heterocycles. The minimum Gasteiger partial charge on any atom is -0.393 e. The number of carbonyl (C=O) groups excluding carboxylic acids is 2. The van der Waals surface area contributed by atoms with E-state index < -0.39 is 6.03 Å². The number of hydrogen-bond acceptors (Lipinski definition) is 4. The summed E-state index contributed by atoms with van der Waals surface area (Å²) >= 11 is 0. The maximum atomic E-state index is 11.8. The summed E-state index contributed by atoms with van der Waals surface area (Å²) < 4.78 is 0. The lowest BCUT2D eigenvalue weighted by Crippen LogP contribution is -2.48. The van der Waals surface area contributed by atoms with Crippen LogP contribution in [0.15, 0.2) is 0 Å². The standard InChI is InChI=1S/C12H21N3O3/c1-7(11(17)14-12(18)13-2)15-5-8-3-4-10(16)9(8)6-15/h7-10,16H,3-6H2,1-2H3,(H2,13,14,17,18). The third-order valence-corrected chi connectivity index (χ3v) is 4.24. The van der Waals surface area contributed by atoms with Crippen LogP contribution in [0.5, 0.6) is 0 Å². The molecule has 3 amide bonds. The van der Waals surface area contributed by atoms with Gasteiger partial charge in [0.05, 0.1) is 12.1 Å². The number of aliphatic hydroxyl groups is 1. The molecule has 1 heterocycles. The summed E-state index contributed by atoms with van der Waals surface area (Å²) in [6.45, 7) is 3.38. The Morgan fingerprint density at radius 2 is 2.06 bits per heavy atom. The fourth-order valence-electron chi connectivity index (χ4n) is 3.03. The molecule has 0 spiro atoms. The highest BCUT2D eigenvalue weighted by atomic mass is 16.3. The molecule has 4 unspecified atom stereocenters. The fraction of sp³-hybridized carbons (Fsp3) is 0.833. The summed E-state index contributed by atoms with van der Waals surface area (Å²) in [5, 5.41) is 14.5. The van der Waals surface area contributed by atoms with Gasteiger partial charge in [-0.3, -0.25) is 15.0 Å². The third-order valence-electron chi connectivity index (χ3n) is 4.24. The van der Waals surface area contributed by atoms with Gasteiger partial charge in [-0.05, 0) is 25.7 Å². The average Bonchev–Trinajstić information content (AvgIpc) is 2.91. The van der Waals surface area contributed by atoms with Crippen LogP contribution in [-0.4, -0.2) is 54.2 Å². The van der Waals surface area contributed by atoms with Gasteiger partial charge in [-0.2, -0.15) is 0 Å². The van der Waals surface area contributed by atoms with Crippen LogP contribution in [0, 0.1) is 11.8 Å². The summed E-state index contributed by atoms with van der Waals surface area (Å²) in [7, 11) is 1.48. The molecule has 0 aromatic carbocycles. The molecular weight excluding hydrogens is 234 g/mol. The molecule has 1 saturated carbocycles. The molecule has 6 heteroatoms. The lowest BCUT2D eigenvalue weighted by Gasteiger charge is -2.24. The van der Waals surface area contributed by atoms with Crippen molar-refractivity contribution in [2.24, 2.45) is 11.8 Å². The molecule has 4 atom stereocenters. The molecule has 6 nitrogen and oxygen atoms in total. The Balaban J connectivity index is 1.89. The van der Waals surface area contributed by atoms with Crippen molar-refractivity contribution in [3.05, 3.63) is 0 Å². The smallest absolute Gasteiger partial charge is 0.321 e. The molecule has 3 N–H and O–H groups in total. The van der Waals surface area contributed by atoms with Gasteiger partial charge in [0.15, 0.2) is 0 Å². The number of fused-ring (bicyclic) bond motifs is 1. The van der Waals surface area contributed by atoms with E-state index in [2.05, 4.69) is 15.5 Å². The van der Waals surface area contributed by atoms with Gasteiger partial charge in [0.2, 0.25) is 5.91 Å². The first-order valence-electron chi connectivity index (χ1n) is 6.47. The van der Waals surface area contributed by atoms with E-state index in [0.29, 0.717) is 11.8 Å². The summed E-state index contributed by atoms with van der Waals surface area (Å²) in [4.78, 5) is 25.0. The second kappa shape index (κ2) is 5.24. The number of likely N-dealkylation sites (tertiary alicyclic amines) is 1. The molecule has 2 fully saturated rings. The lowest BCUT2D eigenvalue weighted by atomic mass is 10.00. The molecule has 0 radical (unpaired) electrons. The Bertz CT molecular complexity index is 347. The van der Waals surface area contributed by atoms with Crippen LogP contribution >= 0.6 is 0 Å². The summed E-state index contributed by atoms with van der Waals surface area (Å²) in [6, 6.07) is -0.814. The number of amides is 3. The molecule has 0 aromatic heterocycles. The summed E-state index contributed by atoms with van der Waals surface area (Å²) in [6.07, 6.45) is 1.68. The number of aliphatic hydroxyl groups excluding tert-OH is 1. The highest BCUT2D eigenvalue weighted by Crippen LogP contribution is 2.38. The van der Waals surface area contributed by atoms with Crippen molar-refractivity contribution in [1.82, 2.24) is 15.5 Å². The fourth-order valence-corrected chi connectivity index (χ4v) is 3.03. The highest BCUT2D eigenvalue weighted by Gasteiger charge is 2.43. The Kier molecular flexibility index (Phi) is 3.87. The maximum absolute atomic E-state index is 11.8. The first-order chi connectivity index (χ1) is 8.52. The van der Waals surface area contributed by atoms with E-state index in [4.69, 9.17) is 0 Å². The van der Waals surface area contributed by atoms with Crippen molar-refractivity contribution < 1.29 is 14.7 Å². The zero-order valence-corrected chi connectivity index (χ0v) is 10.8. The molecule has 102 valence electrons. The highest BCUT2D eigenvalue weighted by molar-refractivity contribution is 5.96. The van der Waals surface area contributed by atoms with Crippen molar-refractivity contribution in [3.63, 3.8) is 0 Å². The van der Waals surface area contributed by atoms with Gasteiger partial charge >= 0.3 is 6.03 Å². The quantitative estimate of drug-likeness (QED) is 0.623. The first kappa shape index (κ1) is 13.3. The molecule has 0 bridgehead atoms. The van der Waals surface area contributed by atoms with Crippen LogP contribution in [0.4, 0.5) is 4.79 Å². The summed E-state index contributed by atoms with van der Waals surface area (Å²) in [5.74, 6) is 0.499. The molecule has 2 rings (SSSR count). The Morgan fingerprint density at radius 1 is 1.33 bits per heavy atom. The van der Waals surface area contributed by atoms with E-state index in [-0.39, 0.29) is 18.1 Å². The molecule has 1 aliphatic heterocycles. The van der Waals surface area contributed by atoms with Crippen LogP contribution < -0.4 is 10.6 Å². The van der Waals surface area contributed by atoms with Gasteiger partial charge in [-0.25, -0.2) is 4.79 Å². The maximum Gasteiger partial charge on any atom is 0.321 e. The number of nitrogens with one attached hydrogen (secondary N) is 2. The Hall–Kier alpha value is -1.14. The van der Waals surface area contributed by atoms with E-state index in [1.807, 2.05) is 0 Å². The number of hydrogen-bond donors (Lipinski definition) is 3. The van der Waals surface area contributed by atoms with E-state index in [0.717, 1.165) is 25.9 Å². The molecule has 1 aliphatic carbocycles. The second-order valence-corrected chi connectivity index (χ2v) is 5.27. The van der Waals surface area contributed by atoms with Gasteiger partial charge in [0.25, 0.3) is 0 Å². The number of nitrogens with zero attached hydrogens (tertiary/aromatic N) is 1. The van der Waals surface area contributed by atoms with Crippen molar-refractivity contribution >= 4 is 11.9 Å². The number of imide groups is 1. The Morgan fingerprint density at radius 3 is 2.67 bits per heavy atom. The minimum atomic E-state index is -0.480. The van der Waals surface area contributed by atoms with Crippen molar-refractivity contribution in [2.75, 3.05) is 20.1 Å².